The Morgan fingerprint density at radius 2 is 1.73 bits per heavy atom. The number of carbonyl (C=O) groups is 5. The first kappa shape index (κ1) is 28.7. The van der Waals surface area contributed by atoms with Crippen LogP contribution < -0.4 is 21.3 Å². The summed E-state index contributed by atoms with van der Waals surface area (Å²) >= 11 is 0. The van der Waals surface area contributed by atoms with Crippen LogP contribution in [-0.2, 0) is 19.2 Å². The van der Waals surface area contributed by atoms with Crippen molar-refractivity contribution in [3.05, 3.63) is 0 Å². The summed E-state index contributed by atoms with van der Waals surface area (Å²) in [5.41, 5.74) is -1.31. The van der Waals surface area contributed by atoms with E-state index in [1.165, 1.54) is 4.90 Å². The highest BCUT2D eigenvalue weighted by molar-refractivity contribution is 5.95. The van der Waals surface area contributed by atoms with Crippen molar-refractivity contribution in [2.45, 2.75) is 91.9 Å². The molecule has 5 amide bonds. The number of fused-ring (bicyclic) bond motifs is 1. The lowest BCUT2D eigenvalue weighted by atomic mass is 9.85. The van der Waals surface area contributed by atoms with E-state index in [0.29, 0.717) is 19.5 Å². The zero-order valence-electron chi connectivity index (χ0n) is 23.2. The van der Waals surface area contributed by atoms with Gasteiger partial charge in [0.15, 0.2) is 0 Å². The lowest BCUT2D eigenvalue weighted by molar-refractivity contribution is -0.146. The van der Waals surface area contributed by atoms with Crippen molar-refractivity contribution >= 4 is 29.7 Å². The number of hydrogen-bond acceptors (Lipinski definition) is 5. The smallest absolute Gasteiger partial charge is 0.326 e. The summed E-state index contributed by atoms with van der Waals surface area (Å²) in [5, 5.41) is 20.7. The molecule has 2 aliphatic heterocycles. The van der Waals surface area contributed by atoms with Gasteiger partial charge in [0.05, 0.1) is 0 Å². The summed E-state index contributed by atoms with van der Waals surface area (Å²) in [4.78, 5) is 65.6. The molecule has 3 rings (SSSR count). The second kappa shape index (κ2) is 9.79. The molecule has 5 N–H and O–H groups in total. The van der Waals surface area contributed by atoms with Crippen molar-refractivity contribution in [2.24, 2.45) is 28.6 Å². The first-order valence-electron chi connectivity index (χ1n) is 13.0. The van der Waals surface area contributed by atoms with Crippen molar-refractivity contribution in [2.75, 3.05) is 13.1 Å². The van der Waals surface area contributed by atoms with Crippen LogP contribution in [0.5, 0.6) is 0 Å². The van der Waals surface area contributed by atoms with Crippen LogP contribution in [0.25, 0.3) is 0 Å². The quantitative estimate of drug-likeness (QED) is 0.337. The Bertz CT molecular complexity index is 965. The number of hydrogen-bond donors (Lipinski definition) is 5. The van der Waals surface area contributed by atoms with E-state index in [0.717, 1.165) is 0 Å². The molecule has 37 heavy (non-hydrogen) atoms. The molecule has 2 unspecified atom stereocenters. The number of carboxylic acid groups (broad SMARTS) is 1. The molecule has 3 aliphatic rings. The van der Waals surface area contributed by atoms with Gasteiger partial charge in [0.1, 0.15) is 18.1 Å². The van der Waals surface area contributed by atoms with Gasteiger partial charge in [0.25, 0.3) is 0 Å². The Labute approximate surface area is 218 Å². The Balaban J connectivity index is 1.81. The predicted octanol–water partition coefficient (Wildman–Crippen LogP) is 1.08. The largest absolute Gasteiger partial charge is 0.480 e. The van der Waals surface area contributed by atoms with Crippen molar-refractivity contribution < 1.29 is 29.1 Å². The fraction of sp³-hybridized carbons (Fsp3) is 0.808. The molecule has 0 spiro atoms. The Morgan fingerprint density at radius 1 is 1.11 bits per heavy atom. The van der Waals surface area contributed by atoms with Gasteiger partial charge in [-0.05, 0) is 56.3 Å². The van der Waals surface area contributed by atoms with Gasteiger partial charge in [-0.25, -0.2) is 9.59 Å². The van der Waals surface area contributed by atoms with Crippen LogP contribution in [0.15, 0.2) is 0 Å². The fourth-order valence-corrected chi connectivity index (χ4v) is 5.77. The summed E-state index contributed by atoms with van der Waals surface area (Å²) in [7, 11) is 0. The topological polar surface area (TPSA) is 157 Å². The number of nitrogens with zero attached hydrogens (tertiary/aromatic N) is 1. The highest BCUT2D eigenvalue weighted by Crippen LogP contribution is 2.65. The average molecular weight is 522 g/mol. The molecule has 0 bridgehead atoms. The molecule has 0 aromatic heterocycles. The van der Waals surface area contributed by atoms with E-state index < -0.39 is 52.9 Å². The highest BCUT2D eigenvalue weighted by atomic mass is 16.4. The monoisotopic (exact) mass is 521 g/mol. The van der Waals surface area contributed by atoms with E-state index >= 15 is 0 Å². The van der Waals surface area contributed by atoms with Gasteiger partial charge >= 0.3 is 12.0 Å². The van der Waals surface area contributed by atoms with E-state index in [4.69, 9.17) is 0 Å². The molecule has 3 fully saturated rings. The normalized spacial score (nSPS) is 28.0. The maximum atomic E-state index is 13.9. The molecule has 11 nitrogen and oxygen atoms in total. The molecule has 208 valence electrons. The van der Waals surface area contributed by atoms with Crippen molar-refractivity contribution in [1.82, 2.24) is 26.2 Å². The second-order valence-electron chi connectivity index (χ2n) is 13.4. The summed E-state index contributed by atoms with van der Waals surface area (Å²) in [6, 6.07) is -3.48. The number of aliphatic carboxylic acids is 1. The zero-order chi connectivity index (χ0) is 28.1. The van der Waals surface area contributed by atoms with Crippen molar-refractivity contribution in [3.8, 4) is 0 Å². The molecule has 6 atom stereocenters. The molecule has 0 aromatic carbocycles. The minimum absolute atomic E-state index is 0.00971. The van der Waals surface area contributed by atoms with E-state index in [1.54, 1.807) is 0 Å². The van der Waals surface area contributed by atoms with Gasteiger partial charge in [-0.15, -0.1) is 0 Å². The zero-order valence-corrected chi connectivity index (χ0v) is 23.2. The summed E-state index contributed by atoms with van der Waals surface area (Å²) in [6.07, 6.45) is 0.504. The number of piperidine rings is 1. The lowest BCUT2D eigenvalue weighted by Crippen LogP contribution is -2.62. The number of rotatable bonds is 7. The number of amides is 5. The molecule has 2 heterocycles. The average Bonchev–Trinajstić information content (AvgIpc) is 3.08. The minimum atomic E-state index is -1.24. The fourth-order valence-electron chi connectivity index (χ4n) is 5.77. The molecule has 11 heteroatoms. The lowest BCUT2D eigenvalue weighted by Gasteiger charge is -2.38. The molecule has 0 radical (unpaired) electrons. The summed E-state index contributed by atoms with van der Waals surface area (Å²) < 4.78 is 0. The van der Waals surface area contributed by atoms with E-state index in [2.05, 4.69) is 21.3 Å². The molecule has 2 saturated heterocycles. The third kappa shape index (κ3) is 6.18. The highest BCUT2D eigenvalue weighted by Gasteiger charge is 2.70. The number of nitrogens with one attached hydrogen (secondary N) is 4. The maximum absolute atomic E-state index is 13.9. The van der Waals surface area contributed by atoms with Crippen LogP contribution >= 0.6 is 0 Å². The minimum Gasteiger partial charge on any atom is -0.480 e. The Kier molecular flexibility index (Phi) is 7.60. The number of urea groups is 1. The van der Waals surface area contributed by atoms with Gasteiger partial charge in [0.2, 0.25) is 17.7 Å². The van der Waals surface area contributed by atoms with Crippen LogP contribution in [-0.4, -0.2) is 76.5 Å². The summed E-state index contributed by atoms with van der Waals surface area (Å²) in [6.45, 7) is 16.0. The second-order valence-corrected chi connectivity index (χ2v) is 13.4. The van der Waals surface area contributed by atoms with Gasteiger partial charge in [0, 0.05) is 24.5 Å². The van der Waals surface area contributed by atoms with Crippen LogP contribution in [0.2, 0.25) is 0 Å². The molecular formula is C26H43N5O6. The number of carboxylic acids is 1. The van der Waals surface area contributed by atoms with Gasteiger partial charge in [-0.1, -0.05) is 34.6 Å². The number of carbonyl (C=O) groups excluding carboxylic acids is 4. The third-order valence-electron chi connectivity index (χ3n) is 7.93. The first-order valence-corrected chi connectivity index (χ1v) is 13.0. The van der Waals surface area contributed by atoms with Crippen LogP contribution in [0.3, 0.4) is 0 Å². The van der Waals surface area contributed by atoms with Crippen LogP contribution in [0, 0.1) is 28.6 Å². The first-order chi connectivity index (χ1) is 16.8. The molecular weight excluding hydrogens is 478 g/mol. The van der Waals surface area contributed by atoms with Gasteiger partial charge in [-0.3, -0.25) is 14.4 Å². The Hall–Kier alpha value is -2.85. The summed E-state index contributed by atoms with van der Waals surface area (Å²) in [5.74, 6) is -2.85. The van der Waals surface area contributed by atoms with Gasteiger partial charge in [-0.2, -0.15) is 0 Å². The van der Waals surface area contributed by atoms with Crippen molar-refractivity contribution in [3.63, 3.8) is 0 Å². The molecule has 1 aliphatic carbocycles. The molecule has 0 aromatic rings. The SMILES string of the molecule is CC(C)(C)NC(=O)NC(C(=O)N1C[C@H]2[C@@H]([C@H]1C(=O)NC(C[C@@H]1CCNC1=O)C(=O)O)C2(C)C)C(C)(C)C. The number of likely N-dealkylation sites (tertiary alicyclic amines) is 1. The third-order valence-corrected chi connectivity index (χ3v) is 7.93. The Morgan fingerprint density at radius 3 is 2.22 bits per heavy atom. The van der Waals surface area contributed by atoms with Crippen LogP contribution in [0.4, 0.5) is 4.79 Å². The van der Waals surface area contributed by atoms with Gasteiger partial charge < -0.3 is 31.3 Å². The van der Waals surface area contributed by atoms with E-state index in [1.807, 2.05) is 55.4 Å². The van der Waals surface area contributed by atoms with E-state index in [9.17, 15) is 29.1 Å². The standard InChI is InChI=1S/C26H43N5O6/c1-24(2,3)18(29-23(37)30-25(4,5)6)21(34)31-12-14-16(26(14,7)8)17(31)20(33)28-15(22(35)36)11-13-9-10-27-19(13)32/h13-18H,9-12H2,1-8H3,(H,27,32)(H,28,33)(H,35,36)(H2,29,30,37)/t13-,14-,15?,16-,17-,18?/m0/s1. The van der Waals surface area contributed by atoms with Crippen molar-refractivity contribution in [1.29, 1.82) is 0 Å². The molecule has 1 saturated carbocycles. The maximum Gasteiger partial charge on any atom is 0.326 e. The van der Waals surface area contributed by atoms with Crippen LogP contribution in [0.1, 0.15) is 68.2 Å². The predicted molar refractivity (Wildman–Crippen MR) is 136 cm³/mol. The van der Waals surface area contributed by atoms with E-state index in [-0.39, 0.29) is 35.5 Å².